The zero-order valence-electron chi connectivity index (χ0n) is 7.38. The van der Waals surface area contributed by atoms with E-state index in [2.05, 4.69) is 5.32 Å². The Morgan fingerprint density at radius 1 is 1.33 bits per heavy atom. The fourth-order valence-electron chi connectivity index (χ4n) is 0.379. The van der Waals surface area contributed by atoms with Gasteiger partial charge in [-0.3, -0.25) is 8.94 Å². The number of nitrogens with one attached hydrogen (secondary N) is 1. The van der Waals surface area contributed by atoms with Gasteiger partial charge in [0.15, 0.2) is 0 Å². The predicted octanol–water partition coefficient (Wildman–Crippen LogP) is 0.459. The topological polar surface area (TPSA) is 66.4 Å². The van der Waals surface area contributed by atoms with Gasteiger partial charge >= 0.3 is 0 Å². The van der Waals surface area contributed by atoms with Gasteiger partial charge in [-0.15, -0.1) is 0 Å². The molecule has 6 heteroatoms. The van der Waals surface area contributed by atoms with Crippen LogP contribution in [0.3, 0.4) is 0 Å². The lowest BCUT2D eigenvalue weighted by molar-refractivity contribution is 0.456. The number of alkyl halides is 1. The van der Waals surface area contributed by atoms with Crippen molar-refractivity contribution in [1.82, 2.24) is 5.32 Å². The highest BCUT2D eigenvalue weighted by atomic mass is 32.2. The van der Waals surface area contributed by atoms with Crippen LogP contribution in [0.4, 0.5) is 4.39 Å². The quantitative estimate of drug-likeness (QED) is 0.512. The normalized spacial score (nSPS) is 10.3. The Morgan fingerprint density at radius 3 is 2.00 bits per heavy atom. The molecule has 4 nitrogen and oxygen atoms in total. The van der Waals surface area contributed by atoms with Crippen molar-refractivity contribution in [1.29, 1.82) is 0 Å². The van der Waals surface area contributed by atoms with E-state index in [0.29, 0.717) is 0 Å². The van der Waals surface area contributed by atoms with Crippen LogP contribution >= 0.6 is 0 Å². The van der Waals surface area contributed by atoms with Crippen LogP contribution < -0.4 is 5.32 Å². The summed E-state index contributed by atoms with van der Waals surface area (Å²) in [7, 11) is -0.113. The number of halogens is 1. The Bertz CT molecular complexity index is 170. The van der Waals surface area contributed by atoms with Crippen molar-refractivity contribution < 1.29 is 17.4 Å². The highest BCUT2D eigenvalue weighted by Gasteiger charge is 2.01. The lowest BCUT2D eigenvalue weighted by Crippen LogP contribution is -2.03. The minimum atomic E-state index is -3.86. The van der Waals surface area contributed by atoms with Crippen LogP contribution in [-0.4, -0.2) is 39.5 Å². The summed E-state index contributed by atoms with van der Waals surface area (Å²) in [6.07, 6.45) is 0.384. The molecule has 0 spiro atoms. The van der Waals surface area contributed by atoms with Crippen LogP contribution in [0, 0.1) is 0 Å². The Balaban J connectivity index is 0. The molecule has 76 valence electrons. The molecule has 0 heterocycles. The highest BCUT2D eigenvalue weighted by molar-refractivity contribution is 7.85. The molecule has 0 aromatic heterocycles. The molecular formula is C6H16FNO3S. The summed E-state index contributed by atoms with van der Waals surface area (Å²) in [6, 6.07) is 0. The molecule has 0 bridgehead atoms. The van der Waals surface area contributed by atoms with E-state index < -0.39 is 16.8 Å². The fraction of sp³-hybridized carbons (Fsp3) is 1.00. The third-order valence-corrected chi connectivity index (χ3v) is 1.59. The minimum Gasteiger partial charge on any atom is -0.323 e. The average molecular weight is 201 g/mol. The van der Waals surface area contributed by atoms with Crippen molar-refractivity contribution in [2.45, 2.75) is 12.8 Å². The van der Waals surface area contributed by atoms with Gasteiger partial charge in [0.25, 0.3) is 10.1 Å². The van der Waals surface area contributed by atoms with Crippen LogP contribution in [0.25, 0.3) is 0 Å². The first-order chi connectivity index (χ1) is 5.47. The first kappa shape index (κ1) is 14.3. The van der Waals surface area contributed by atoms with Gasteiger partial charge < -0.3 is 5.32 Å². The van der Waals surface area contributed by atoms with E-state index in [0.717, 1.165) is 0 Å². The minimum absolute atomic E-state index is 0.190. The van der Waals surface area contributed by atoms with Crippen LogP contribution in [0.1, 0.15) is 12.8 Å². The largest absolute Gasteiger partial charge is 0.323 e. The molecule has 2 N–H and O–H groups in total. The first-order valence-corrected chi connectivity index (χ1v) is 5.18. The number of hydrogen-bond acceptors (Lipinski definition) is 3. The summed E-state index contributed by atoms with van der Waals surface area (Å²) >= 11 is 0. The maximum Gasteiger partial charge on any atom is 0.264 e. The summed E-state index contributed by atoms with van der Waals surface area (Å²) in [5, 5.41) is 2.75. The highest BCUT2D eigenvalue weighted by Crippen LogP contribution is 1.93. The summed E-state index contributed by atoms with van der Waals surface area (Å²) in [5.74, 6) is -0.336. The molecule has 0 aliphatic heterocycles. The van der Waals surface area contributed by atoms with Gasteiger partial charge in [0.05, 0.1) is 12.4 Å². The maximum atomic E-state index is 11.3. The standard InChI is InChI=1S/C4H9FO3S.C2H7N/c5-3-1-2-4-9(6,7)8;1-3-2/h1-4H2,(H,6,7,8);3H,1-2H3. The molecule has 0 aromatic rings. The van der Waals surface area contributed by atoms with Gasteiger partial charge in [-0.25, -0.2) is 0 Å². The molecule has 0 aliphatic rings. The lowest BCUT2D eigenvalue weighted by atomic mass is 10.4. The molecular weight excluding hydrogens is 185 g/mol. The molecule has 0 unspecified atom stereocenters. The lowest BCUT2D eigenvalue weighted by Gasteiger charge is -1.91. The molecule has 0 atom stereocenters. The van der Waals surface area contributed by atoms with Gasteiger partial charge in [-0.2, -0.15) is 8.42 Å². The number of hydrogen-bond donors (Lipinski definition) is 2. The summed E-state index contributed by atoms with van der Waals surface area (Å²) < 4.78 is 39.3. The fourth-order valence-corrected chi connectivity index (χ4v) is 0.948. The second-order valence-electron chi connectivity index (χ2n) is 2.18. The first-order valence-electron chi connectivity index (χ1n) is 3.57. The molecule has 0 rings (SSSR count). The molecule has 0 aliphatic carbocycles. The van der Waals surface area contributed by atoms with Crippen LogP contribution in [0.5, 0.6) is 0 Å². The molecule has 0 amide bonds. The van der Waals surface area contributed by atoms with Crippen molar-refractivity contribution in [2.75, 3.05) is 26.5 Å². The van der Waals surface area contributed by atoms with E-state index >= 15 is 0 Å². The van der Waals surface area contributed by atoms with E-state index in [1.54, 1.807) is 0 Å². The van der Waals surface area contributed by atoms with E-state index in [-0.39, 0.29) is 18.6 Å². The van der Waals surface area contributed by atoms with Crippen LogP contribution in [0.15, 0.2) is 0 Å². The number of unbranched alkanes of at least 4 members (excludes halogenated alkanes) is 1. The zero-order chi connectivity index (χ0) is 10.0. The Morgan fingerprint density at radius 2 is 1.75 bits per heavy atom. The van der Waals surface area contributed by atoms with Gasteiger partial charge in [-0.1, -0.05) is 0 Å². The molecule has 0 saturated carbocycles. The summed E-state index contributed by atoms with van der Waals surface area (Å²) in [6.45, 7) is -0.532. The second-order valence-corrected chi connectivity index (χ2v) is 3.75. The summed E-state index contributed by atoms with van der Waals surface area (Å²) in [5.41, 5.74) is 0. The number of rotatable bonds is 4. The molecule has 0 saturated heterocycles. The predicted molar refractivity (Wildman–Crippen MR) is 46.6 cm³/mol. The molecule has 0 fully saturated rings. The van der Waals surface area contributed by atoms with Crippen molar-refractivity contribution in [3.63, 3.8) is 0 Å². The Hall–Kier alpha value is -0.200. The Kier molecular flexibility index (Phi) is 10.6. The third-order valence-electron chi connectivity index (χ3n) is 0.786. The SMILES string of the molecule is CNC.O=S(=O)(O)CCCCF. The van der Waals surface area contributed by atoms with E-state index in [9.17, 15) is 12.8 Å². The van der Waals surface area contributed by atoms with Gasteiger partial charge in [-0.05, 0) is 26.9 Å². The van der Waals surface area contributed by atoms with Crippen molar-refractivity contribution >= 4 is 10.1 Å². The zero-order valence-corrected chi connectivity index (χ0v) is 8.19. The van der Waals surface area contributed by atoms with Crippen LogP contribution in [0.2, 0.25) is 0 Å². The van der Waals surface area contributed by atoms with Gasteiger partial charge in [0.1, 0.15) is 0 Å². The third kappa shape index (κ3) is 22.6. The van der Waals surface area contributed by atoms with E-state index in [1.807, 2.05) is 14.1 Å². The Labute approximate surface area is 72.9 Å². The molecule has 0 radical (unpaired) electrons. The van der Waals surface area contributed by atoms with Gasteiger partial charge in [0.2, 0.25) is 0 Å². The maximum absolute atomic E-state index is 11.3. The van der Waals surface area contributed by atoms with E-state index in [4.69, 9.17) is 4.55 Å². The molecule has 0 aromatic carbocycles. The second kappa shape index (κ2) is 8.89. The van der Waals surface area contributed by atoms with E-state index in [1.165, 1.54) is 0 Å². The van der Waals surface area contributed by atoms with Crippen LogP contribution in [-0.2, 0) is 10.1 Å². The monoisotopic (exact) mass is 201 g/mol. The average Bonchev–Trinajstić information content (AvgIpc) is 1.87. The summed E-state index contributed by atoms with van der Waals surface area (Å²) in [4.78, 5) is 0. The smallest absolute Gasteiger partial charge is 0.264 e. The van der Waals surface area contributed by atoms with Gasteiger partial charge in [0, 0.05) is 0 Å². The van der Waals surface area contributed by atoms with Crippen molar-refractivity contribution in [2.24, 2.45) is 0 Å². The van der Waals surface area contributed by atoms with Crippen molar-refractivity contribution in [3.8, 4) is 0 Å². The van der Waals surface area contributed by atoms with Crippen molar-refractivity contribution in [3.05, 3.63) is 0 Å². The molecule has 12 heavy (non-hydrogen) atoms.